The van der Waals surface area contributed by atoms with Crippen molar-refractivity contribution in [3.05, 3.63) is 29.8 Å². The van der Waals surface area contributed by atoms with Gasteiger partial charge in [0.2, 0.25) is 0 Å². The van der Waals surface area contributed by atoms with Crippen LogP contribution in [-0.2, 0) is 9.59 Å². The second-order valence-corrected chi connectivity index (χ2v) is 5.59. The molecule has 0 aromatic heterocycles. The third-order valence-electron chi connectivity index (χ3n) is 2.59. The van der Waals surface area contributed by atoms with E-state index < -0.39 is 17.4 Å². The van der Waals surface area contributed by atoms with Crippen molar-refractivity contribution in [3.63, 3.8) is 0 Å². The van der Waals surface area contributed by atoms with Gasteiger partial charge in [-0.05, 0) is 25.3 Å². The molecule has 1 atom stereocenters. The summed E-state index contributed by atoms with van der Waals surface area (Å²) < 4.78 is 0. The molecule has 2 amide bonds. The molecular weight excluding hydrogens is 290 g/mol. The Morgan fingerprint density at radius 2 is 2.05 bits per heavy atom. The molecule has 112 valence electrons. The predicted octanol–water partition coefficient (Wildman–Crippen LogP) is 0.727. The Balaban J connectivity index is 2.60. The highest BCUT2D eigenvalue weighted by Gasteiger charge is 2.23. The molecule has 0 aliphatic rings. The van der Waals surface area contributed by atoms with Crippen molar-refractivity contribution >= 4 is 29.3 Å². The Kier molecular flexibility index (Phi) is 6.21. The summed E-state index contributed by atoms with van der Waals surface area (Å²) in [6.07, 6.45) is 1.84. The van der Waals surface area contributed by atoms with Gasteiger partial charge in [-0.2, -0.15) is 17.0 Å². The maximum atomic E-state index is 11.7. The van der Waals surface area contributed by atoms with Gasteiger partial charge in [0.1, 0.15) is 6.07 Å². The van der Waals surface area contributed by atoms with Crippen LogP contribution in [0.3, 0.4) is 0 Å². The van der Waals surface area contributed by atoms with E-state index in [0.717, 1.165) is 0 Å². The molecule has 0 fully saturated rings. The minimum atomic E-state index is -1.08. The maximum absolute atomic E-state index is 11.7. The minimum absolute atomic E-state index is 0.0278. The summed E-state index contributed by atoms with van der Waals surface area (Å²) >= 11 is 1.44. The van der Waals surface area contributed by atoms with Gasteiger partial charge in [-0.25, -0.2) is 0 Å². The smallest absolute Gasteiger partial charge is 0.313 e. The van der Waals surface area contributed by atoms with Crippen LogP contribution in [0.5, 0.6) is 0 Å². The molecule has 6 nitrogen and oxygen atoms in total. The normalized spacial score (nSPS) is 12.9. The summed E-state index contributed by atoms with van der Waals surface area (Å²) in [6.45, 7) is 1.55. The second kappa shape index (κ2) is 7.67. The van der Waals surface area contributed by atoms with Crippen LogP contribution >= 0.6 is 11.8 Å². The standard InChI is InChI=1S/C14H17N3O3S/c1-14(20,9-21-2)8-16-12(18)13(19)17-11-6-4-3-5-10(11)7-15/h3-6,20H,8-9H2,1-2H3,(H,16,18)(H,17,19)/t14-/m1/s1. The number of rotatable bonds is 5. The molecular formula is C14H17N3O3S. The van der Waals surface area contributed by atoms with Crippen molar-refractivity contribution in [2.24, 2.45) is 0 Å². The zero-order chi connectivity index (χ0) is 15.9. The maximum Gasteiger partial charge on any atom is 0.313 e. The summed E-state index contributed by atoms with van der Waals surface area (Å²) in [5.41, 5.74) is -0.538. The van der Waals surface area contributed by atoms with Crippen LogP contribution in [0, 0.1) is 11.3 Å². The number of benzene rings is 1. The minimum Gasteiger partial charge on any atom is -0.387 e. The molecule has 1 aromatic carbocycles. The fourth-order valence-electron chi connectivity index (χ4n) is 1.58. The largest absolute Gasteiger partial charge is 0.387 e. The highest BCUT2D eigenvalue weighted by molar-refractivity contribution is 7.98. The van der Waals surface area contributed by atoms with Gasteiger partial charge < -0.3 is 15.7 Å². The summed E-state index contributed by atoms with van der Waals surface area (Å²) in [7, 11) is 0. The van der Waals surface area contributed by atoms with E-state index >= 15 is 0 Å². The number of hydrogen-bond acceptors (Lipinski definition) is 5. The monoisotopic (exact) mass is 307 g/mol. The highest BCUT2D eigenvalue weighted by atomic mass is 32.2. The van der Waals surface area contributed by atoms with E-state index in [1.54, 1.807) is 19.1 Å². The summed E-state index contributed by atoms with van der Waals surface area (Å²) in [5.74, 6) is -1.30. The number of aliphatic hydroxyl groups is 1. The van der Waals surface area contributed by atoms with Crippen LogP contribution in [0.1, 0.15) is 12.5 Å². The molecule has 0 aliphatic heterocycles. The lowest BCUT2D eigenvalue weighted by Gasteiger charge is -2.22. The van der Waals surface area contributed by atoms with E-state index in [1.165, 1.54) is 23.9 Å². The average Bonchev–Trinajstić information content (AvgIpc) is 2.45. The van der Waals surface area contributed by atoms with Crippen molar-refractivity contribution < 1.29 is 14.7 Å². The fraction of sp³-hybridized carbons (Fsp3) is 0.357. The first-order valence-corrected chi connectivity index (χ1v) is 7.58. The van der Waals surface area contributed by atoms with Gasteiger partial charge in [-0.1, -0.05) is 12.1 Å². The zero-order valence-corrected chi connectivity index (χ0v) is 12.7. The molecule has 0 saturated carbocycles. The van der Waals surface area contributed by atoms with Gasteiger partial charge in [0, 0.05) is 12.3 Å². The average molecular weight is 307 g/mol. The van der Waals surface area contributed by atoms with Crippen LogP contribution in [-0.4, -0.2) is 41.1 Å². The third-order valence-corrected chi connectivity index (χ3v) is 3.50. The number of para-hydroxylation sites is 1. The van der Waals surface area contributed by atoms with Gasteiger partial charge in [0.05, 0.1) is 16.9 Å². The van der Waals surface area contributed by atoms with Gasteiger partial charge in [-0.3, -0.25) is 9.59 Å². The lowest BCUT2D eigenvalue weighted by molar-refractivity contribution is -0.136. The summed E-state index contributed by atoms with van der Waals surface area (Å²) in [6, 6.07) is 8.31. The molecule has 0 saturated heterocycles. The van der Waals surface area contributed by atoms with Crippen molar-refractivity contribution in [3.8, 4) is 6.07 Å². The van der Waals surface area contributed by atoms with Gasteiger partial charge in [-0.15, -0.1) is 0 Å². The lowest BCUT2D eigenvalue weighted by atomic mass is 10.1. The van der Waals surface area contributed by atoms with Crippen LogP contribution in [0.2, 0.25) is 0 Å². The number of amides is 2. The van der Waals surface area contributed by atoms with Gasteiger partial charge in [0.25, 0.3) is 0 Å². The molecule has 1 aromatic rings. The molecule has 0 unspecified atom stereocenters. The third kappa shape index (κ3) is 5.45. The number of anilines is 1. The second-order valence-electron chi connectivity index (χ2n) is 4.72. The Labute approximate surface area is 127 Å². The number of nitriles is 1. The molecule has 0 radical (unpaired) electrons. The highest BCUT2D eigenvalue weighted by Crippen LogP contribution is 2.13. The number of nitrogens with one attached hydrogen (secondary N) is 2. The number of nitrogens with zero attached hydrogens (tertiary/aromatic N) is 1. The van der Waals surface area contributed by atoms with Crippen LogP contribution in [0.25, 0.3) is 0 Å². The number of carbonyl (C=O) groups is 2. The molecule has 0 bridgehead atoms. The summed E-state index contributed by atoms with van der Waals surface area (Å²) in [5, 5.41) is 23.5. The summed E-state index contributed by atoms with van der Waals surface area (Å²) in [4.78, 5) is 23.4. The number of hydrogen-bond donors (Lipinski definition) is 3. The van der Waals surface area contributed by atoms with E-state index in [4.69, 9.17) is 5.26 Å². The van der Waals surface area contributed by atoms with Crippen molar-refractivity contribution in [2.45, 2.75) is 12.5 Å². The molecule has 0 spiro atoms. The van der Waals surface area contributed by atoms with Crippen molar-refractivity contribution in [2.75, 3.05) is 23.9 Å². The SMILES string of the molecule is CSC[C@](C)(O)CNC(=O)C(=O)Nc1ccccc1C#N. The predicted molar refractivity (Wildman–Crippen MR) is 81.8 cm³/mol. The van der Waals surface area contributed by atoms with Gasteiger partial charge >= 0.3 is 11.8 Å². The molecule has 1 rings (SSSR count). The van der Waals surface area contributed by atoms with Crippen LogP contribution in [0.15, 0.2) is 24.3 Å². The fourth-order valence-corrected chi connectivity index (χ4v) is 2.31. The number of thioether (sulfide) groups is 1. The van der Waals surface area contributed by atoms with E-state index in [-0.39, 0.29) is 17.8 Å². The first kappa shape index (κ1) is 17.0. The van der Waals surface area contributed by atoms with E-state index in [1.807, 2.05) is 12.3 Å². The quantitative estimate of drug-likeness (QED) is 0.696. The molecule has 7 heteroatoms. The topological polar surface area (TPSA) is 102 Å². The van der Waals surface area contributed by atoms with E-state index in [2.05, 4.69) is 10.6 Å². The first-order chi connectivity index (χ1) is 9.89. The van der Waals surface area contributed by atoms with Gasteiger partial charge in [0.15, 0.2) is 0 Å². The van der Waals surface area contributed by atoms with Crippen molar-refractivity contribution in [1.29, 1.82) is 5.26 Å². The Morgan fingerprint density at radius 1 is 1.38 bits per heavy atom. The molecule has 0 aliphatic carbocycles. The number of carbonyl (C=O) groups excluding carboxylic acids is 2. The van der Waals surface area contributed by atoms with E-state index in [9.17, 15) is 14.7 Å². The molecule has 21 heavy (non-hydrogen) atoms. The van der Waals surface area contributed by atoms with Crippen LogP contribution < -0.4 is 10.6 Å². The van der Waals surface area contributed by atoms with Crippen LogP contribution in [0.4, 0.5) is 5.69 Å². The zero-order valence-electron chi connectivity index (χ0n) is 11.8. The Hall–Kier alpha value is -2.04. The van der Waals surface area contributed by atoms with Crippen molar-refractivity contribution in [1.82, 2.24) is 5.32 Å². The lowest BCUT2D eigenvalue weighted by Crippen LogP contribution is -2.45. The van der Waals surface area contributed by atoms with E-state index in [0.29, 0.717) is 5.75 Å². The Morgan fingerprint density at radius 3 is 2.67 bits per heavy atom. The molecule has 3 N–H and O–H groups in total. The first-order valence-electron chi connectivity index (χ1n) is 6.19. The molecule has 0 heterocycles. The Bertz CT molecular complexity index is 567.